The summed E-state index contributed by atoms with van der Waals surface area (Å²) in [5.74, 6) is 0. The third kappa shape index (κ3) is 3.53. The molecule has 4 rings (SSSR count). The van der Waals surface area contributed by atoms with Gasteiger partial charge in [0.15, 0.2) is 0 Å². The number of anilines is 1. The van der Waals surface area contributed by atoms with E-state index in [1.165, 1.54) is 0 Å². The van der Waals surface area contributed by atoms with Gasteiger partial charge in [-0.25, -0.2) is 0 Å². The molecule has 30 heavy (non-hydrogen) atoms. The van der Waals surface area contributed by atoms with Crippen molar-refractivity contribution in [1.82, 2.24) is 4.57 Å². The fraction of sp³-hybridized carbons (Fsp3) is 0.0435. The molecule has 0 saturated carbocycles. The van der Waals surface area contributed by atoms with Gasteiger partial charge in [0, 0.05) is 16.0 Å². The van der Waals surface area contributed by atoms with Crippen LogP contribution < -0.4 is 11.0 Å². The fourth-order valence-electron chi connectivity index (χ4n) is 3.35. The molecule has 0 bridgehead atoms. The fourth-order valence-corrected chi connectivity index (χ4v) is 3.35. The Morgan fingerprint density at radius 3 is 2.27 bits per heavy atom. The molecule has 7 heteroatoms. The molecule has 0 amide bonds. The molecule has 0 aliphatic carbocycles. The number of benzene rings is 3. The number of aromatic nitrogens is 1. The van der Waals surface area contributed by atoms with Crippen molar-refractivity contribution < 1.29 is 0 Å². The van der Waals surface area contributed by atoms with E-state index in [0.717, 1.165) is 11.4 Å². The van der Waals surface area contributed by atoms with E-state index in [1.807, 2.05) is 84.9 Å². The van der Waals surface area contributed by atoms with Crippen molar-refractivity contribution in [2.24, 2.45) is 10.2 Å². The molecule has 0 fully saturated rings. The Labute approximate surface area is 172 Å². The first-order chi connectivity index (χ1) is 14.7. The van der Waals surface area contributed by atoms with Crippen LogP contribution in [0, 0.1) is 0 Å². The number of azide groups is 1. The number of pyridine rings is 1. The Kier molecular flexibility index (Phi) is 5.28. The number of para-hydroxylation sites is 3. The van der Waals surface area contributed by atoms with Crippen LogP contribution in [0.2, 0.25) is 0 Å². The van der Waals surface area contributed by atoms with E-state index < -0.39 is 0 Å². The van der Waals surface area contributed by atoms with Crippen LogP contribution in [0.4, 0.5) is 11.4 Å². The molecular weight excluding hydrogens is 376 g/mol. The molecule has 146 valence electrons. The van der Waals surface area contributed by atoms with Crippen LogP contribution in [0.25, 0.3) is 27.0 Å². The first-order valence-corrected chi connectivity index (χ1v) is 9.34. The Balaban J connectivity index is 2.01. The molecule has 1 N–H and O–H groups in total. The second kappa shape index (κ2) is 8.34. The quantitative estimate of drug-likeness (QED) is 0.153. The number of rotatable bonds is 5. The Hall–Kier alpha value is -4.35. The monoisotopic (exact) mass is 394 g/mol. The topological polar surface area (TPSA) is 95.2 Å². The molecule has 0 spiro atoms. The summed E-state index contributed by atoms with van der Waals surface area (Å²) in [6.07, 6.45) is 0. The zero-order valence-electron chi connectivity index (χ0n) is 16.2. The maximum atomic E-state index is 13.6. The standard InChI is InChI=1S/C23H18N6O/c1-16(25-26-17-10-4-2-5-11-17)21-22(27-28-24)19-14-8-9-15-20(19)29(23(21)30)18-12-6-3-7-13-18/h2-15,26H,1H3/b25-16+. The van der Waals surface area contributed by atoms with Crippen molar-refractivity contribution in [3.63, 3.8) is 0 Å². The average molecular weight is 394 g/mol. The third-order valence-electron chi connectivity index (χ3n) is 4.70. The van der Waals surface area contributed by atoms with Crippen molar-refractivity contribution in [3.8, 4) is 5.69 Å². The van der Waals surface area contributed by atoms with Crippen LogP contribution in [0.1, 0.15) is 12.5 Å². The highest BCUT2D eigenvalue weighted by Gasteiger charge is 2.19. The third-order valence-corrected chi connectivity index (χ3v) is 4.70. The van der Waals surface area contributed by atoms with Gasteiger partial charge >= 0.3 is 0 Å². The molecule has 0 saturated heterocycles. The first-order valence-electron chi connectivity index (χ1n) is 9.34. The lowest BCUT2D eigenvalue weighted by atomic mass is 10.1. The minimum Gasteiger partial charge on any atom is -0.278 e. The van der Waals surface area contributed by atoms with E-state index in [2.05, 4.69) is 20.6 Å². The molecular formula is C23H18N6O. The van der Waals surface area contributed by atoms with Crippen molar-refractivity contribution in [1.29, 1.82) is 0 Å². The predicted octanol–water partition coefficient (Wildman–Crippen LogP) is 5.77. The lowest BCUT2D eigenvalue weighted by molar-refractivity contribution is 1.03. The van der Waals surface area contributed by atoms with Gasteiger partial charge in [-0.2, -0.15) is 5.10 Å². The number of hydrogen-bond donors (Lipinski definition) is 1. The summed E-state index contributed by atoms with van der Waals surface area (Å²) >= 11 is 0. The molecule has 4 aromatic rings. The van der Waals surface area contributed by atoms with Gasteiger partial charge in [0.2, 0.25) is 0 Å². The predicted molar refractivity (Wildman–Crippen MR) is 121 cm³/mol. The maximum Gasteiger partial charge on any atom is 0.265 e. The van der Waals surface area contributed by atoms with E-state index >= 15 is 0 Å². The normalized spacial score (nSPS) is 11.2. The minimum absolute atomic E-state index is 0.249. The van der Waals surface area contributed by atoms with Gasteiger partial charge in [-0.05, 0) is 42.8 Å². The largest absolute Gasteiger partial charge is 0.278 e. The summed E-state index contributed by atoms with van der Waals surface area (Å²) in [6.45, 7) is 1.72. The number of nitrogens with zero attached hydrogens (tertiary/aromatic N) is 5. The number of nitrogens with one attached hydrogen (secondary N) is 1. The first kappa shape index (κ1) is 19.0. The zero-order valence-corrected chi connectivity index (χ0v) is 16.2. The second-order valence-corrected chi connectivity index (χ2v) is 6.58. The Morgan fingerprint density at radius 1 is 0.933 bits per heavy atom. The lowest BCUT2D eigenvalue weighted by Crippen LogP contribution is -2.25. The van der Waals surface area contributed by atoms with E-state index in [9.17, 15) is 4.79 Å². The van der Waals surface area contributed by atoms with Gasteiger partial charge in [0.05, 0.1) is 28.2 Å². The smallest absolute Gasteiger partial charge is 0.265 e. The van der Waals surface area contributed by atoms with Crippen molar-refractivity contribution >= 4 is 28.0 Å². The molecule has 3 aromatic carbocycles. The Bertz CT molecular complexity index is 1340. The molecule has 1 heterocycles. The van der Waals surface area contributed by atoms with Crippen molar-refractivity contribution in [3.05, 3.63) is 111 Å². The molecule has 0 unspecified atom stereocenters. The summed E-state index contributed by atoms with van der Waals surface area (Å²) in [4.78, 5) is 16.6. The van der Waals surface area contributed by atoms with Gasteiger partial charge in [-0.15, -0.1) is 0 Å². The van der Waals surface area contributed by atoms with Crippen LogP contribution in [-0.2, 0) is 0 Å². The number of hydrogen-bond acceptors (Lipinski definition) is 4. The van der Waals surface area contributed by atoms with E-state index in [4.69, 9.17) is 5.53 Å². The van der Waals surface area contributed by atoms with E-state index in [0.29, 0.717) is 16.6 Å². The van der Waals surface area contributed by atoms with Gasteiger partial charge in [0.1, 0.15) is 0 Å². The van der Waals surface area contributed by atoms with Crippen LogP contribution in [0.15, 0.2) is 99.9 Å². The highest BCUT2D eigenvalue weighted by Crippen LogP contribution is 2.30. The van der Waals surface area contributed by atoms with Crippen LogP contribution in [-0.4, -0.2) is 10.3 Å². The molecule has 7 nitrogen and oxygen atoms in total. The van der Waals surface area contributed by atoms with Gasteiger partial charge in [-0.3, -0.25) is 14.8 Å². The van der Waals surface area contributed by atoms with Crippen molar-refractivity contribution in [2.45, 2.75) is 6.92 Å². The summed E-state index contributed by atoms with van der Waals surface area (Å²) in [5.41, 5.74) is 14.9. The highest BCUT2D eigenvalue weighted by molar-refractivity contribution is 6.09. The van der Waals surface area contributed by atoms with E-state index in [-0.39, 0.29) is 16.8 Å². The lowest BCUT2D eigenvalue weighted by Gasteiger charge is -2.16. The molecule has 0 aliphatic heterocycles. The average Bonchev–Trinajstić information content (AvgIpc) is 2.79. The molecule has 0 atom stereocenters. The SMILES string of the molecule is C/C(=N\Nc1ccccc1)c1c(N=[N+]=[N-])c2ccccc2n(-c2ccccc2)c1=O. The van der Waals surface area contributed by atoms with Crippen molar-refractivity contribution in [2.75, 3.05) is 5.43 Å². The minimum atomic E-state index is -0.307. The Morgan fingerprint density at radius 2 is 1.57 bits per heavy atom. The van der Waals surface area contributed by atoms with Gasteiger partial charge < -0.3 is 0 Å². The summed E-state index contributed by atoms with van der Waals surface area (Å²) in [5, 5.41) is 8.91. The number of fused-ring (bicyclic) bond motifs is 1. The molecule has 1 aromatic heterocycles. The summed E-state index contributed by atoms with van der Waals surface area (Å²) < 4.78 is 1.61. The molecule has 0 aliphatic rings. The second-order valence-electron chi connectivity index (χ2n) is 6.58. The van der Waals surface area contributed by atoms with Crippen LogP contribution in [0.5, 0.6) is 0 Å². The number of hydrazone groups is 1. The maximum absolute atomic E-state index is 13.6. The zero-order chi connectivity index (χ0) is 20.9. The van der Waals surface area contributed by atoms with Crippen LogP contribution >= 0.6 is 0 Å². The van der Waals surface area contributed by atoms with Gasteiger partial charge in [0.25, 0.3) is 5.56 Å². The van der Waals surface area contributed by atoms with Crippen LogP contribution in [0.3, 0.4) is 0 Å². The summed E-state index contributed by atoms with van der Waals surface area (Å²) in [6, 6.07) is 26.1. The molecule has 0 radical (unpaired) electrons. The van der Waals surface area contributed by atoms with Gasteiger partial charge in [-0.1, -0.05) is 59.7 Å². The van der Waals surface area contributed by atoms with E-state index in [1.54, 1.807) is 11.5 Å². The highest BCUT2D eigenvalue weighted by atomic mass is 16.1. The summed E-state index contributed by atoms with van der Waals surface area (Å²) in [7, 11) is 0.